The van der Waals surface area contributed by atoms with Gasteiger partial charge in [0.2, 0.25) is 11.5 Å². The first-order chi connectivity index (χ1) is 17.9. The van der Waals surface area contributed by atoms with Crippen LogP contribution in [0.2, 0.25) is 0 Å². The summed E-state index contributed by atoms with van der Waals surface area (Å²) in [7, 11) is 2.95. The minimum absolute atomic E-state index is 0.00569. The lowest BCUT2D eigenvalue weighted by atomic mass is 9.62. The molecule has 0 radical (unpaired) electrons. The SMILES string of the molecule is Cc1cc(CNC(=O)c2nc3n(c(=O)c2O)CC2(CC#N)CCC3(CC(=O)C(=O)N(C)C)CC2)ccc1F. The number of halogens is 1. The number of rotatable bonds is 7. The highest BCUT2D eigenvalue weighted by molar-refractivity contribution is 6.36. The topological polar surface area (TPSA) is 145 Å². The van der Waals surface area contributed by atoms with Crippen molar-refractivity contribution in [1.29, 1.82) is 5.26 Å². The number of carbonyl (C=O) groups is 3. The molecule has 1 aromatic heterocycles. The zero-order valence-corrected chi connectivity index (χ0v) is 21.6. The fraction of sp³-hybridized carbons (Fsp3) is 0.481. The average Bonchev–Trinajstić information content (AvgIpc) is 3.09. The van der Waals surface area contributed by atoms with Gasteiger partial charge in [-0.05, 0) is 49.8 Å². The number of Topliss-reactive ketones (excluding diaryl/α,β-unsaturated/α-hetero) is 1. The number of aryl methyl sites for hydroxylation is 1. The molecule has 0 saturated heterocycles. The van der Waals surface area contributed by atoms with Crippen LogP contribution in [0.4, 0.5) is 4.39 Å². The Hall–Kier alpha value is -4.07. The normalized spacial score (nSPS) is 21.7. The van der Waals surface area contributed by atoms with E-state index >= 15 is 0 Å². The van der Waals surface area contributed by atoms with Crippen molar-refractivity contribution >= 4 is 17.6 Å². The van der Waals surface area contributed by atoms with Gasteiger partial charge in [0.1, 0.15) is 11.6 Å². The Morgan fingerprint density at radius 1 is 1.24 bits per heavy atom. The van der Waals surface area contributed by atoms with E-state index < -0.39 is 45.4 Å². The zero-order chi connectivity index (χ0) is 27.8. The molecule has 1 aromatic carbocycles. The Bertz CT molecular complexity index is 1420. The molecule has 11 heteroatoms. The number of benzene rings is 1. The molecule has 2 N–H and O–H groups in total. The van der Waals surface area contributed by atoms with Crippen LogP contribution in [0.15, 0.2) is 23.0 Å². The summed E-state index contributed by atoms with van der Waals surface area (Å²) >= 11 is 0. The second kappa shape index (κ2) is 10.0. The first-order valence-electron chi connectivity index (χ1n) is 12.4. The molecule has 200 valence electrons. The van der Waals surface area contributed by atoms with Crippen molar-refractivity contribution in [3.63, 3.8) is 0 Å². The Morgan fingerprint density at radius 2 is 1.92 bits per heavy atom. The van der Waals surface area contributed by atoms with E-state index in [4.69, 9.17) is 0 Å². The molecule has 3 aliphatic rings. The number of fused-ring (bicyclic) bond motifs is 2. The first kappa shape index (κ1) is 27.0. The van der Waals surface area contributed by atoms with Gasteiger partial charge in [-0.15, -0.1) is 0 Å². The van der Waals surface area contributed by atoms with Crippen LogP contribution in [0.5, 0.6) is 5.75 Å². The highest BCUT2D eigenvalue weighted by Crippen LogP contribution is 2.53. The smallest absolute Gasteiger partial charge is 0.296 e. The third-order valence-corrected chi connectivity index (χ3v) is 7.87. The Labute approximate surface area is 219 Å². The number of ketones is 1. The summed E-state index contributed by atoms with van der Waals surface area (Å²) in [5, 5.41) is 22.8. The minimum atomic E-state index is -1.01. The van der Waals surface area contributed by atoms with E-state index in [1.807, 2.05) is 0 Å². The van der Waals surface area contributed by atoms with Gasteiger partial charge in [0.05, 0.1) is 6.07 Å². The number of nitrogens with zero attached hydrogens (tertiary/aromatic N) is 4. The van der Waals surface area contributed by atoms with Crippen molar-refractivity contribution < 1.29 is 23.9 Å². The summed E-state index contributed by atoms with van der Waals surface area (Å²) in [5.41, 5.74) is -1.84. The fourth-order valence-electron chi connectivity index (χ4n) is 5.60. The summed E-state index contributed by atoms with van der Waals surface area (Å²) in [4.78, 5) is 57.5. The fourth-order valence-corrected chi connectivity index (χ4v) is 5.60. The summed E-state index contributed by atoms with van der Waals surface area (Å²) < 4.78 is 14.9. The largest absolute Gasteiger partial charge is 0.501 e. The molecule has 5 rings (SSSR count). The molecule has 1 aliphatic carbocycles. The minimum Gasteiger partial charge on any atom is -0.501 e. The molecular weight excluding hydrogens is 493 g/mol. The number of nitriles is 1. The van der Waals surface area contributed by atoms with E-state index in [-0.39, 0.29) is 37.6 Å². The average molecular weight is 524 g/mol. The molecule has 38 heavy (non-hydrogen) atoms. The van der Waals surface area contributed by atoms with Crippen LogP contribution in [-0.4, -0.2) is 51.3 Å². The molecule has 2 bridgehead atoms. The van der Waals surface area contributed by atoms with Gasteiger partial charge >= 0.3 is 0 Å². The quantitative estimate of drug-likeness (QED) is 0.529. The molecule has 2 aromatic rings. The van der Waals surface area contributed by atoms with Gasteiger partial charge in [0.25, 0.3) is 17.4 Å². The second-order valence-electron chi connectivity index (χ2n) is 10.7. The highest BCUT2D eigenvalue weighted by Gasteiger charge is 2.52. The number of hydrogen-bond acceptors (Lipinski definition) is 7. The second-order valence-corrected chi connectivity index (χ2v) is 10.7. The molecule has 2 aliphatic heterocycles. The maximum atomic E-state index is 13.6. The maximum absolute atomic E-state index is 13.6. The van der Waals surface area contributed by atoms with Gasteiger partial charge in [-0.1, -0.05) is 12.1 Å². The van der Waals surface area contributed by atoms with Crippen molar-refractivity contribution in [2.75, 3.05) is 14.1 Å². The molecule has 0 spiro atoms. The number of aromatic hydroxyl groups is 1. The van der Waals surface area contributed by atoms with Crippen molar-refractivity contribution in [3.8, 4) is 11.8 Å². The third kappa shape index (κ3) is 4.78. The van der Waals surface area contributed by atoms with Crippen LogP contribution in [0.25, 0.3) is 0 Å². The zero-order valence-electron chi connectivity index (χ0n) is 21.6. The molecule has 0 atom stereocenters. The van der Waals surface area contributed by atoms with Gasteiger partial charge in [-0.2, -0.15) is 5.26 Å². The first-order valence-corrected chi connectivity index (χ1v) is 12.4. The monoisotopic (exact) mass is 523 g/mol. The molecule has 0 unspecified atom stereocenters. The van der Waals surface area contributed by atoms with E-state index in [0.29, 0.717) is 36.8 Å². The van der Waals surface area contributed by atoms with Crippen molar-refractivity contribution in [1.82, 2.24) is 19.8 Å². The number of nitrogens with one attached hydrogen (secondary N) is 1. The van der Waals surface area contributed by atoms with E-state index in [2.05, 4.69) is 16.4 Å². The number of aromatic nitrogens is 2. The van der Waals surface area contributed by atoms with Crippen LogP contribution >= 0.6 is 0 Å². The Morgan fingerprint density at radius 3 is 2.53 bits per heavy atom. The van der Waals surface area contributed by atoms with Crippen LogP contribution in [-0.2, 0) is 28.1 Å². The van der Waals surface area contributed by atoms with Gasteiger partial charge in [0, 0.05) is 50.9 Å². The van der Waals surface area contributed by atoms with Gasteiger partial charge in [0.15, 0.2) is 5.69 Å². The number of likely N-dealkylation sites (N-methyl/N-ethyl adjacent to an activating group) is 1. The molecule has 1 saturated carbocycles. The summed E-state index contributed by atoms with van der Waals surface area (Å²) in [6.07, 6.45) is 1.82. The molecular formula is C27H30FN5O5. The molecule has 10 nitrogen and oxygen atoms in total. The predicted octanol–water partition coefficient (Wildman–Crippen LogP) is 2.10. The standard InChI is InChI=1S/C27H30FN5O5/c1-16-12-17(4-5-18(16)28)14-30-22(36)20-21(35)24(38)33-15-26(10-11-29)6-8-27(9-7-26,25(33)31-20)13-19(34)23(37)32(2)3/h4-5,12,35H,6-10,13-15H2,1-3H3,(H,30,36). The van der Waals surface area contributed by atoms with Gasteiger partial charge in [-0.3, -0.25) is 23.7 Å². The van der Waals surface area contributed by atoms with Crippen molar-refractivity contribution in [2.45, 2.75) is 64.0 Å². The van der Waals surface area contributed by atoms with Crippen LogP contribution in [0.1, 0.15) is 66.0 Å². The van der Waals surface area contributed by atoms with Gasteiger partial charge in [-0.25, -0.2) is 9.37 Å². The van der Waals surface area contributed by atoms with E-state index in [9.17, 15) is 33.9 Å². The Kier molecular flexibility index (Phi) is 7.10. The third-order valence-electron chi connectivity index (χ3n) is 7.87. The summed E-state index contributed by atoms with van der Waals surface area (Å²) in [5.74, 6) is -3.17. The summed E-state index contributed by atoms with van der Waals surface area (Å²) in [6, 6.07) is 6.56. The predicted molar refractivity (Wildman–Crippen MR) is 134 cm³/mol. The lowest BCUT2D eigenvalue weighted by molar-refractivity contribution is -0.144. The van der Waals surface area contributed by atoms with Crippen molar-refractivity contribution in [2.24, 2.45) is 5.41 Å². The van der Waals surface area contributed by atoms with Crippen LogP contribution < -0.4 is 10.9 Å². The molecule has 2 amide bonds. The lowest BCUT2D eigenvalue weighted by Gasteiger charge is -2.40. The lowest BCUT2D eigenvalue weighted by Crippen LogP contribution is -2.41. The Balaban J connectivity index is 1.75. The molecule has 3 heterocycles. The van der Waals surface area contributed by atoms with Gasteiger partial charge < -0.3 is 15.3 Å². The highest BCUT2D eigenvalue weighted by atomic mass is 19.1. The van der Waals surface area contributed by atoms with E-state index in [0.717, 1.165) is 0 Å². The van der Waals surface area contributed by atoms with Crippen LogP contribution in [0, 0.1) is 29.5 Å². The molecule has 1 fully saturated rings. The van der Waals surface area contributed by atoms with Crippen LogP contribution in [0.3, 0.4) is 0 Å². The number of amides is 2. The van der Waals surface area contributed by atoms with Crippen molar-refractivity contribution in [3.05, 3.63) is 57.0 Å². The van der Waals surface area contributed by atoms with E-state index in [1.54, 1.807) is 13.0 Å². The van der Waals surface area contributed by atoms with E-state index in [1.165, 1.54) is 35.7 Å². The number of carbonyl (C=O) groups excluding carboxylic acids is 3. The number of hydrogen-bond donors (Lipinski definition) is 2. The summed E-state index contributed by atoms with van der Waals surface area (Å²) in [6.45, 7) is 1.71. The maximum Gasteiger partial charge on any atom is 0.296 e.